The zero-order valence-corrected chi connectivity index (χ0v) is 11.4. The largest absolute Gasteiger partial charge is 0.352 e. The predicted octanol–water partition coefficient (Wildman–Crippen LogP) is 1.11. The molecule has 0 atom stereocenters. The molecule has 0 aliphatic heterocycles. The number of H-pyrrole nitrogens is 1. The highest BCUT2D eigenvalue weighted by atomic mass is 35.5. The number of aromatic amines is 1. The van der Waals surface area contributed by atoms with Gasteiger partial charge in [-0.25, -0.2) is 15.8 Å². The quantitative estimate of drug-likeness (QED) is 0.362. The molecule has 0 aliphatic rings. The molecule has 1 amide bonds. The van der Waals surface area contributed by atoms with Gasteiger partial charge in [-0.1, -0.05) is 11.6 Å². The molecule has 0 aromatic carbocycles. The van der Waals surface area contributed by atoms with E-state index in [-0.39, 0.29) is 5.91 Å². The second-order valence-electron chi connectivity index (χ2n) is 4.09. The number of rotatable bonds is 6. The number of hydrogen-bond acceptors (Lipinski definition) is 5. The van der Waals surface area contributed by atoms with Crippen molar-refractivity contribution < 1.29 is 4.79 Å². The normalized spacial score (nSPS) is 10.3. The zero-order chi connectivity index (χ0) is 14.4. The fourth-order valence-electron chi connectivity index (χ4n) is 1.66. The van der Waals surface area contributed by atoms with Gasteiger partial charge in [0.15, 0.2) is 5.82 Å². The summed E-state index contributed by atoms with van der Waals surface area (Å²) in [4.78, 5) is 22.9. The van der Waals surface area contributed by atoms with Crippen LogP contribution in [0.4, 0.5) is 5.82 Å². The smallest absolute Gasteiger partial charge is 0.252 e. The van der Waals surface area contributed by atoms with E-state index in [0.29, 0.717) is 22.9 Å². The van der Waals surface area contributed by atoms with Crippen molar-refractivity contribution in [1.82, 2.24) is 20.3 Å². The lowest BCUT2D eigenvalue weighted by Crippen LogP contribution is -2.25. The van der Waals surface area contributed by atoms with Gasteiger partial charge in [0.05, 0.1) is 10.6 Å². The van der Waals surface area contributed by atoms with E-state index in [2.05, 4.69) is 25.7 Å². The molecule has 2 heterocycles. The maximum Gasteiger partial charge on any atom is 0.252 e. The standard InChI is InChI=1S/C12H15ClN6O/c13-9-6-8(7-18-11(9)19-14)12(20)17-3-1-2-10-15-4-5-16-10/h4-7H,1-3,14H2,(H,15,16)(H,17,20)(H,18,19). The molecule has 0 unspecified atom stereocenters. The summed E-state index contributed by atoms with van der Waals surface area (Å²) in [6.45, 7) is 0.550. The van der Waals surface area contributed by atoms with E-state index in [4.69, 9.17) is 17.4 Å². The Labute approximate surface area is 120 Å². The van der Waals surface area contributed by atoms with Gasteiger partial charge in [-0.05, 0) is 12.5 Å². The van der Waals surface area contributed by atoms with Gasteiger partial charge < -0.3 is 15.7 Å². The molecule has 2 aromatic heterocycles. The van der Waals surface area contributed by atoms with E-state index in [1.807, 2.05) is 0 Å². The number of carbonyl (C=O) groups excluding carboxylic acids is 1. The van der Waals surface area contributed by atoms with E-state index in [9.17, 15) is 4.79 Å². The highest BCUT2D eigenvalue weighted by Gasteiger charge is 2.09. The molecule has 0 spiro atoms. The van der Waals surface area contributed by atoms with Crippen molar-refractivity contribution in [3.8, 4) is 0 Å². The van der Waals surface area contributed by atoms with Crippen molar-refractivity contribution >= 4 is 23.3 Å². The van der Waals surface area contributed by atoms with Crippen molar-refractivity contribution in [2.75, 3.05) is 12.0 Å². The summed E-state index contributed by atoms with van der Waals surface area (Å²) < 4.78 is 0. The van der Waals surface area contributed by atoms with Gasteiger partial charge in [0.25, 0.3) is 5.91 Å². The van der Waals surface area contributed by atoms with E-state index >= 15 is 0 Å². The number of carbonyl (C=O) groups is 1. The topological polar surface area (TPSA) is 109 Å². The van der Waals surface area contributed by atoms with Crippen LogP contribution < -0.4 is 16.6 Å². The van der Waals surface area contributed by atoms with Crippen molar-refractivity contribution in [3.05, 3.63) is 41.1 Å². The number of aromatic nitrogens is 3. The van der Waals surface area contributed by atoms with Crippen LogP contribution in [0.15, 0.2) is 24.7 Å². The molecular weight excluding hydrogens is 280 g/mol. The second kappa shape index (κ2) is 6.88. The number of halogens is 1. The van der Waals surface area contributed by atoms with Crippen LogP contribution in [0.1, 0.15) is 22.6 Å². The molecule has 106 valence electrons. The summed E-state index contributed by atoms with van der Waals surface area (Å²) in [7, 11) is 0. The molecule has 2 rings (SSSR count). The number of nitrogens with zero attached hydrogens (tertiary/aromatic N) is 2. The first-order valence-corrected chi connectivity index (χ1v) is 6.47. The van der Waals surface area contributed by atoms with Crippen LogP contribution in [0.5, 0.6) is 0 Å². The lowest BCUT2D eigenvalue weighted by molar-refractivity contribution is 0.0953. The van der Waals surface area contributed by atoms with E-state index in [1.165, 1.54) is 12.3 Å². The molecule has 0 radical (unpaired) electrons. The molecule has 0 bridgehead atoms. The highest BCUT2D eigenvalue weighted by Crippen LogP contribution is 2.18. The van der Waals surface area contributed by atoms with Gasteiger partial charge in [-0.3, -0.25) is 4.79 Å². The fourth-order valence-corrected chi connectivity index (χ4v) is 1.88. The zero-order valence-electron chi connectivity index (χ0n) is 10.7. The Hall–Kier alpha value is -2.12. The minimum atomic E-state index is -0.220. The van der Waals surface area contributed by atoms with Crippen LogP contribution in [0.2, 0.25) is 5.02 Å². The number of pyridine rings is 1. The average molecular weight is 295 g/mol. The molecular formula is C12H15ClN6O. The number of hydrogen-bond donors (Lipinski definition) is 4. The van der Waals surface area contributed by atoms with Crippen molar-refractivity contribution in [3.63, 3.8) is 0 Å². The molecule has 2 aromatic rings. The Bertz CT molecular complexity index is 571. The number of imidazole rings is 1. The van der Waals surface area contributed by atoms with Crippen LogP contribution >= 0.6 is 11.6 Å². The lowest BCUT2D eigenvalue weighted by Gasteiger charge is -2.06. The Morgan fingerprint density at radius 3 is 2.95 bits per heavy atom. The summed E-state index contributed by atoms with van der Waals surface area (Å²) in [5.74, 6) is 6.23. The van der Waals surface area contributed by atoms with Gasteiger partial charge in [-0.15, -0.1) is 0 Å². The number of anilines is 1. The minimum absolute atomic E-state index is 0.220. The van der Waals surface area contributed by atoms with Crippen LogP contribution in [0.3, 0.4) is 0 Å². The predicted molar refractivity (Wildman–Crippen MR) is 76.3 cm³/mol. The monoisotopic (exact) mass is 294 g/mol. The third-order valence-electron chi connectivity index (χ3n) is 2.67. The first kappa shape index (κ1) is 14.3. The first-order chi connectivity index (χ1) is 9.70. The number of hydrazine groups is 1. The molecule has 7 nitrogen and oxygen atoms in total. The molecule has 0 aliphatic carbocycles. The number of nitrogens with one attached hydrogen (secondary N) is 3. The van der Waals surface area contributed by atoms with E-state index in [0.717, 1.165) is 18.7 Å². The summed E-state index contributed by atoms with van der Waals surface area (Å²) >= 11 is 5.91. The van der Waals surface area contributed by atoms with Gasteiger partial charge in [0.1, 0.15) is 5.82 Å². The summed E-state index contributed by atoms with van der Waals surface area (Å²) in [6.07, 6.45) is 6.47. The Balaban J connectivity index is 1.81. The fraction of sp³-hybridized carbons (Fsp3) is 0.250. The van der Waals surface area contributed by atoms with E-state index < -0.39 is 0 Å². The Morgan fingerprint density at radius 2 is 2.30 bits per heavy atom. The minimum Gasteiger partial charge on any atom is -0.352 e. The summed E-state index contributed by atoms with van der Waals surface area (Å²) in [6, 6.07) is 1.52. The van der Waals surface area contributed by atoms with Gasteiger partial charge in [0.2, 0.25) is 0 Å². The van der Waals surface area contributed by atoms with Crippen molar-refractivity contribution in [2.45, 2.75) is 12.8 Å². The SMILES string of the molecule is NNc1ncc(C(=O)NCCCc2ncc[nH]2)cc1Cl. The van der Waals surface area contributed by atoms with E-state index in [1.54, 1.807) is 12.4 Å². The third kappa shape index (κ3) is 3.69. The molecule has 0 fully saturated rings. The van der Waals surface area contributed by atoms with Gasteiger partial charge >= 0.3 is 0 Å². The van der Waals surface area contributed by atoms with Crippen LogP contribution in [-0.2, 0) is 6.42 Å². The number of aryl methyl sites for hydroxylation is 1. The molecule has 5 N–H and O–H groups in total. The maximum atomic E-state index is 11.9. The average Bonchev–Trinajstić information content (AvgIpc) is 2.96. The Morgan fingerprint density at radius 1 is 1.45 bits per heavy atom. The van der Waals surface area contributed by atoms with Crippen LogP contribution in [0.25, 0.3) is 0 Å². The second-order valence-corrected chi connectivity index (χ2v) is 4.50. The molecule has 0 saturated carbocycles. The molecule has 0 saturated heterocycles. The van der Waals surface area contributed by atoms with Crippen LogP contribution in [0, 0.1) is 0 Å². The molecule has 8 heteroatoms. The van der Waals surface area contributed by atoms with Gasteiger partial charge in [-0.2, -0.15) is 0 Å². The Kier molecular flexibility index (Phi) is 4.91. The van der Waals surface area contributed by atoms with Gasteiger partial charge in [0, 0.05) is 31.6 Å². The van der Waals surface area contributed by atoms with Crippen molar-refractivity contribution in [1.29, 1.82) is 0 Å². The molecule has 20 heavy (non-hydrogen) atoms. The lowest BCUT2D eigenvalue weighted by atomic mass is 10.2. The number of nitrogens with two attached hydrogens (primary N) is 1. The third-order valence-corrected chi connectivity index (χ3v) is 2.96. The first-order valence-electron chi connectivity index (χ1n) is 6.09. The number of amides is 1. The highest BCUT2D eigenvalue weighted by molar-refractivity contribution is 6.33. The van der Waals surface area contributed by atoms with Crippen LogP contribution in [-0.4, -0.2) is 27.4 Å². The maximum absolute atomic E-state index is 11.9. The summed E-state index contributed by atoms with van der Waals surface area (Å²) in [5, 5.41) is 3.10. The number of nitrogen functional groups attached to an aromatic ring is 1. The van der Waals surface area contributed by atoms with Crippen molar-refractivity contribution in [2.24, 2.45) is 5.84 Å². The summed E-state index contributed by atoms with van der Waals surface area (Å²) in [5.41, 5.74) is 2.74.